The molecule has 0 spiro atoms. The van der Waals surface area contributed by atoms with Gasteiger partial charge in [-0.1, -0.05) is 40.2 Å². The highest BCUT2D eigenvalue weighted by molar-refractivity contribution is 9.10. The topological polar surface area (TPSA) is 35.2 Å². The van der Waals surface area contributed by atoms with Crippen LogP contribution in [0.3, 0.4) is 0 Å². The Balaban J connectivity index is 2.02. The van der Waals surface area contributed by atoms with Gasteiger partial charge in [-0.05, 0) is 41.8 Å². The fourth-order valence-corrected chi connectivity index (χ4v) is 2.17. The van der Waals surface area contributed by atoms with Gasteiger partial charge in [0.2, 0.25) is 0 Å². The number of rotatable bonds is 4. The highest BCUT2D eigenvalue weighted by Crippen LogP contribution is 2.25. The van der Waals surface area contributed by atoms with Crippen LogP contribution in [0.5, 0.6) is 5.75 Å². The molecule has 2 N–H and O–H groups in total. The molecule has 0 saturated carbocycles. The van der Waals surface area contributed by atoms with Crippen LogP contribution >= 0.6 is 15.9 Å². The van der Waals surface area contributed by atoms with E-state index in [-0.39, 0.29) is 11.8 Å². The molecular weight excluding hydrogens is 347 g/mol. The van der Waals surface area contributed by atoms with Crippen molar-refractivity contribution >= 4 is 15.9 Å². The van der Waals surface area contributed by atoms with Gasteiger partial charge in [0.15, 0.2) is 0 Å². The zero-order chi connectivity index (χ0) is 15.5. The van der Waals surface area contributed by atoms with Gasteiger partial charge in [0.05, 0.1) is 0 Å². The lowest BCUT2D eigenvalue weighted by Crippen LogP contribution is -2.17. The molecule has 0 aliphatic carbocycles. The van der Waals surface area contributed by atoms with E-state index in [4.69, 9.17) is 5.73 Å². The van der Waals surface area contributed by atoms with Gasteiger partial charge < -0.3 is 10.5 Å². The minimum atomic E-state index is -4.68. The zero-order valence-corrected chi connectivity index (χ0v) is 12.5. The van der Waals surface area contributed by atoms with E-state index >= 15 is 0 Å². The van der Waals surface area contributed by atoms with Gasteiger partial charge in [-0.25, -0.2) is 0 Å². The molecule has 0 amide bonds. The first-order chi connectivity index (χ1) is 9.83. The van der Waals surface area contributed by atoms with Gasteiger partial charge in [-0.3, -0.25) is 0 Å². The molecule has 2 aromatic rings. The van der Waals surface area contributed by atoms with E-state index in [1.54, 1.807) is 12.1 Å². The molecular formula is C15H13BrF3NO. The summed E-state index contributed by atoms with van der Waals surface area (Å²) in [4.78, 5) is 0. The van der Waals surface area contributed by atoms with Gasteiger partial charge >= 0.3 is 6.36 Å². The quantitative estimate of drug-likeness (QED) is 0.866. The Labute approximate surface area is 128 Å². The van der Waals surface area contributed by atoms with Crippen molar-refractivity contribution in [2.24, 2.45) is 5.73 Å². The zero-order valence-electron chi connectivity index (χ0n) is 10.9. The number of halogens is 4. The van der Waals surface area contributed by atoms with Crippen LogP contribution in [-0.2, 0) is 6.42 Å². The summed E-state index contributed by atoms with van der Waals surface area (Å²) in [7, 11) is 0. The number of alkyl halides is 3. The Morgan fingerprint density at radius 3 is 2.10 bits per heavy atom. The SMILES string of the molecule is NC(Cc1ccc(Br)cc1)c1ccc(OC(F)(F)F)cc1. The Morgan fingerprint density at radius 1 is 1.00 bits per heavy atom. The Kier molecular flexibility index (Phi) is 4.90. The van der Waals surface area contributed by atoms with E-state index in [1.807, 2.05) is 24.3 Å². The summed E-state index contributed by atoms with van der Waals surface area (Å²) in [5.74, 6) is -0.248. The molecule has 2 nitrogen and oxygen atoms in total. The average molecular weight is 360 g/mol. The second kappa shape index (κ2) is 6.49. The Hall–Kier alpha value is -1.53. The molecule has 112 valence electrons. The predicted molar refractivity (Wildman–Crippen MR) is 77.9 cm³/mol. The lowest BCUT2D eigenvalue weighted by Gasteiger charge is -2.14. The summed E-state index contributed by atoms with van der Waals surface area (Å²) in [6.45, 7) is 0. The summed E-state index contributed by atoms with van der Waals surface area (Å²) in [5, 5.41) is 0. The summed E-state index contributed by atoms with van der Waals surface area (Å²) in [6.07, 6.45) is -4.08. The van der Waals surface area contributed by atoms with Crippen molar-refractivity contribution in [3.8, 4) is 5.75 Å². The van der Waals surface area contributed by atoms with E-state index in [9.17, 15) is 13.2 Å². The van der Waals surface area contributed by atoms with Crippen molar-refractivity contribution in [3.63, 3.8) is 0 Å². The minimum Gasteiger partial charge on any atom is -0.406 e. The van der Waals surface area contributed by atoms with Crippen LogP contribution in [0.2, 0.25) is 0 Å². The summed E-state index contributed by atoms with van der Waals surface area (Å²) in [5.41, 5.74) is 7.88. The molecule has 0 aromatic heterocycles. The second-order valence-corrected chi connectivity index (χ2v) is 5.47. The molecule has 0 radical (unpaired) electrons. The predicted octanol–water partition coefficient (Wildman–Crippen LogP) is 4.59. The van der Waals surface area contributed by atoms with Crippen molar-refractivity contribution in [2.45, 2.75) is 18.8 Å². The largest absolute Gasteiger partial charge is 0.573 e. The third-order valence-electron chi connectivity index (χ3n) is 2.91. The second-order valence-electron chi connectivity index (χ2n) is 4.55. The molecule has 21 heavy (non-hydrogen) atoms. The molecule has 6 heteroatoms. The Morgan fingerprint density at radius 2 is 1.57 bits per heavy atom. The fraction of sp³-hybridized carbons (Fsp3) is 0.200. The first-order valence-electron chi connectivity index (χ1n) is 6.19. The maximum atomic E-state index is 12.1. The van der Waals surface area contributed by atoms with Gasteiger partial charge in [0.25, 0.3) is 0 Å². The van der Waals surface area contributed by atoms with Crippen molar-refractivity contribution in [1.82, 2.24) is 0 Å². The maximum Gasteiger partial charge on any atom is 0.573 e. The molecule has 0 heterocycles. The van der Waals surface area contributed by atoms with Crippen molar-refractivity contribution in [1.29, 1.82) is 0 Å². The van der Waals surface area contributed by atoms with E-state index in [0.717, 1.165) is 15.6 Å². The van der Waals surface area contributed by atoms with E-state index in [1.165, 1.54) is 12.1 Å². The van der Waals surface area contributed by atoms with Crippen LogP contribution in [-0.4, -0.2) is 6.36 Å². The van der Waals surface area contributed by atoms with E-state index < -0.39 is 6.36 Å². The summed E-state index contributed by atoms with van der Waals surface area (Å²) < 4.78 is 41.0. The third kappa shape index (κ3) is 5.06. The van der Waals surface area contributed by atoms with Gasteiger partial charge in [0, 0.05) is 10.5 Å². The van der Waals surface area contributed by atoms with Gasteiger partial charge in [0.1, 0.15) is 5.75 Å². The number of hydrogen-bond acceptors (Lipinski definition) is 2. The van der Waals surface area contributed by atoms with E-state index in [0.29, 0.717) is 6.42 Å². The first-order valence-corrected chi connectivity index (χ1v) is 6.98. The normalized spacial score (nSPS) is 13.0. The van der Waals surface area contributed by atoms with Crippen LogP contribution in [0.25, 0.3) is 0 Å². The maximum absolute atomic E-state index is 12.1. The first kappa shape index (κ1) is 15.9. The fourth-order valence-electron chi connectivity index (χ4n) is 1.91. The summed E-state index contributed by atoms with van der Waals surface area (Å²) in [6, 6.07) is 13.1. The van der Waals surface area contributed by atoms with Crippen LogP contribution in [0.4, 0.5) is 13.2 Å². The molecule has 1 unspecified atom stereocenters. The van der Waals surface area contributed by atoms with Crippen LogP contribution < -0.4 is 10.5 Å². The number of benzene rings is 2. The van der Waals surface area contributed by atoms with Crippen molar-refractivity contribution < 1.29 is 17.9 Å². The van der Waals surface area contributed by atoms with Gasteiger partial charge in [-0.15, -0.1) is 13.2 Å². The lowest BCUT2D eigenvalue weighted by molar-refractivity contribution is -0.274. The molecule has 0 bridgehead atoms. The molecule has 0 aliphatic rings. The van der Waals surface area contributed by atoms with Crippen molar-refractivity contribution in [3.05, 3.63) is 64.1 Å². The molecule has 0 fully saturated rings. The molecule has 2 rings (SSSR count). The number of ether oxygens (including phenoxy) is 1. The monoisotopic (exact) mass is 359 g/mol. The highest BCUT2D eigenvalue weighted by Gasteiger charge is 2.31. The van der Waals surface area contributed by atoms with E-state index in [2.05, 4.69) is 20.7 Å². The number of nitrogens with two attached hydrogens (primary N) is 1. The number of hydrogen-bond donors (Lipinski definition) is 1. The van der Waals surface area contributed by atoms with Crippen LogP contribution in [0.1, 0.15) is 17.2 Å². The molecule has 0 saturated heterocycles. The average Bonchev–Trinajstić information content (AvgIpc) is 2.40. The van der Waals surface area contributed by atoms with Gasteiger partial charge in [-0.2, -0.15) is 0 Å². The molecule has 0 aliphatic heterocycles. The Bertz CT molecular complexity index is 581. The molecule has 2 aromatic carbocycles. The van der Waals surface area contributed by atoms with Crippen LogP contribution in [0, 0.1) is 0 Å². The summed E-state index contributed by atoms with van der Waals surface area (Å²) >= 11 is 3.35. The molecule has 1 atom stereocenters. The highest BCUT2D eigenvalue weighted by atomic mass is 79.9. The lowest BCUT2D eigenvalue weighted by atomic mass is 10.00. The van der Waals surface area contributed by atoms with Crippen LogP contribution in [0.15, 0.2) is 53.0 Å². The minimum absolute atomic E-state index is 0.248. The standard InChI is InChI=1S/C15H13BrF3NO/c16-12-5-1-10(2-6-12)9-14(20)11-3-7-13(8-4-11)21-15(17,18)19/h1-8,14H,9,20H2. The smallest absolute Gasteiger partial charge is 0.406 e. The third-order valence-corrected chi connectivity index (χ3v) is 3.44. The van der Waals surface area contributed by atoms with Crippen molar-refractivity contribution in [2.75, 3.05) is 0 Å².